The van der Waals surface area contributed by atoms with Crippen molar-refractivity contribution in [3.63, 3.8) is 0 Å². The fraction of sp³-hybridized carbons (Fsp3) is 0.375. The molecule has 0 unspecified atom stereocenters. The molecular formula is C24H29BN2O6. The predicted octanol–water partition coefficient (Wildman–Crippen LogP) is 1.60. The average molecular weight is 452 g/mol. The van der Waals surface area contributed by atoms with Crippen LogP contribution in [-0.4, -0.2) is 49.3 Å². The molecule has 174 valence electrons. The lowest BCUT2D eigenvalue weighted by atomic mass is 9.78. The largest absolute Gasteiger partial charge is 0.494 e. The average Bonchev–Trinajstić information content (AvgIpc) is 3.00. The summed E-state index contributed by atoms with van der Waals surface area (Å²) < 4.78 is 16.8. The van der Waals surface area contributed by atoms with Gasteiger partial charge in [0.1, 0.15) is 6.04 Å². The Labute approximate surface area is 193 Å². The number of amides is 2. The Morgan fingerprint density at radius 3 is 2.12 bits per heavy atom. The number of benzene rings is 2. The highest BCUT2D eigenvalue weighted by atomic mass is 16.7. The minimum atomic E-state index is -0.929. The van der Waals surface area contributed by atoms with E-state index in [4.69, 9.17) is 15.0 Å². The maximum absolute atomic E-state index is 12.7. The quantitative estimate of drug-likeness (QED) is 0.487. The number of hydrogen-bond donors (Lipinski definition) is 2. The van der Waals surface area contributed by atoms with Crippen LogP contribution in [0, 0.1) is 0 Å². The van der Waals surface area contributed by atoms with E-state index in [1.807, 2.05) is 52.0 Å². The summed E-state index contributed by atoms with van der Waals surface area (Å²) in [6.45, 7) is 7.95. The number of carbonyl (C=O) groups is 3. The number of nitrogens with two attached hydrogens (primary N) is 1. The van der Waals surface area contributed by atoms with Gasteiger partial charge in [0.05, 0.1) is 23.9 Å². The molecule has 33 heavy (non-hydrogen) atoms. The highest BCUT2D eigenvalue weighted by Gasteiger charge is 2.51. The number of methoxy groups -OCH3 is 1. The van der Waals surface area contributed by atoms with E-state index >= 15 is 0 Å². The molecule has 9 heteroatoms. The van der Waals surface area contributed by atoms with E-state index in [-0.39, 0.29) is 17.5 Å². The van der Waals surface area contributed by atoms with Crippen molar-refractivity contribution in [3.05, 3.63) is 65.2 Å². The van der Waals surface area contributed by atoms with Gasteiger partial charge in [0.25, 0.3) is 5.91 Å². The van der Waals surface area contributed by atoms with Gasteiger partial charge in [0.2, 0.25) is 5.91 Å². The van der Waals surface area contributed by atoms with E-state index in [1.54, 1.807) is 12.1 Å². The molecule has 1 aliphatic heterocycles. The molecule has 3 rings (SSSR count). The Kier molecular flexibility index (Phi) is 6.95. The summed E-state index contributed by atoms with van der Waals surface area (Å²) in [5.74, 6) is -1.74. The van der Waals surface area contributed by atoms with Crippen molar-refractivity contribution in [3.8, 4) is 0 Å². The maximum atomic E-state index is 12.7. The molecule has 1 atom stereocenters. The van der Waals surface area contributed by atoms with Crippen molar-refractivity contribution >= 4 is 30.4 Å². The van der Waals surface area contributed by atoms with Crippen LogP contribution in [0.3, 0.4) is 0 Å². The van der Waals surface area contributed by atoms with Gasteiger partial charge < -0.3 is 25.1 Å². The highest BCUT2D eigenvalue weighted by Crippen LogP contribution is 2.36. The first-order valence-corrected chi connectivity index (χ1v) is 10.7. The second-order valence-electron chi connectivity index (χ2n) is 9.03. The van der Waals surface area contributed by atoms with Gasteiger partial charge >= 0.3 is 13.1 Å². The van der Waals surface area contributed by atoms with Crippen LogP contribution in [-0.2, 0) is 25.3 Å². The minimum Gasteiger partial charge on any atom is -0.465 e. The number of rotatable bonds is 7. The normalized spacial score (nSPS) is 17.3. The number of primary amides is 1. The summed E-state index contributed by atoms with van der Waals surface area (Å²) in [4.78, 5) is 36.4. The molecular weight excluding hydrogens is 423 g/mol. The van der Waals surface area contributed by atoms with Gasteiger partial charge in [-0.05, 0) is 56.9 Å². The molecule has 0 aromatic heterocycles. The van der Waals surface area contributed by atoms with Crippen molar-refractivity contribution in [1.29, 1.82) is 0 Å². The van der Waals surface area contributed by atoms with Gasteiger partial charge in [0, 0.05) is 12.0 Å². The van der Waals surface area contributed by atoms with E-state index in [0.29, 0.717) is 0 Å². The Morgan fingerprint density at radius 1 is 1.00 bits per heavy atom. The zero-order valence-electron chi connectivity index (χ0n) is 19.5. The summed E-state index contributed by atoms with van der Waals surface area (Å²) in [5, 5.41) is 2.64. The summed E-state index contributed by atoms with van der Waals surface area (Å²) in [7, 11) is 0.772. The Hall–Kier alpha value is -3.17. The lowest BCUT2D eigenvalue weighted by Crippen LogP contribution is -2.46. The topological polar surface area (TPSA) is 117 Å². The molecule has 8 nitrogen and oxygen atoms in total. The first-order valence-electron chi connectivity index (χ1n) is 10.7. The lowest BCUT2D eigenvalue weighted by Gasteiger charge is -2.32. The number of hydrogen-bond acceptors (Lipinski definition) is 6. The second-order valence-corrected chi connectivity index (χ2v) is 9.03. The van der Waals surface area contributed by atoms with Gasteiger partial charge in [0.15, 0.2) is 0 Å². The summed E-state index contributed by atoms with van der Waals surface area (Å²) in [5.41, 5.74) is 6.77. The molecule has 1 fully saturated rings. The molecule has 1 saturated heterocycles. The molecule has 0 bridgehead atoms. The van der Waals surface area contributed by atoms with Gasteiger partial charge in [-0.1, -0.05) is 30.3 Å². The van der Waals surface area contributed by atoms with E-state index < -0.39 is 42.1 Å². The predicted molar refractivity (Wildman–Crippen MR) is 124 cm³/mol. The minimum absolute atomic E-state index is 0.210. The van der Waals surface area contributed by atoms with Crippen LogP contribution in [0.15, 0.2) is 48.5 Å². The van der Waals surface area contributed by atoms with Crippen LogP contribution in [0.4, 0.5) is 0 Å². The third-order valence-corrected chi connectivity index (χ3v) is 6.14. The number of esters is 1. The molecule has 0 aliphatic carbocycles. The second kappa shape index (κ2) is 9.37. The van der Waals surface area contributed by atoms with E-state index in [0.717, 1.165) is 11.0 Å². The summed E-state index contributed by atoms with van der Waals surface area (Å²) in [6.07, 6.45) is 0.210. The van der Waals surface area contributed by atoms with E-state index in [9.17, 15) is 14.4 Å². The SMILES string of the molecule is COC(=O)c1cccc(C(=O)N[C@H](Cc2ccc(B3OC(C)(C)C(C)(C)O3)cc2)C(N)=O)c1. The molecule has 0 saturated carbocycles. The molecule has 1 aliphatic rings. The van der Waals surface area contributed by atoms with Crippen molar-refractivity contribution in [2.75, 3.05) is 7.11 Å². The molecule has 2 amide bonds. The van der Waals surface area contributed by atoms with Gasteiger partial charge in [-0.25, -0.2) is 4.79 Å². The van der Waals surface area contributed by atoms with Crippen LogP contribution in [0.25, 0.3) is 0 Å². The first-order chi connectivity index (χ1) is 15.4. The van der Waals surface area contributed by atoms with Crippen LogP contribution < -0.4 is 16.5 Å². The van der Waals surface area contributed by atoms with Gasteiger partial charge in [-0.3, -0.25) is 9.59 Å². The monoisotopic (exact) mass is 452 g/mol. The van der Waals surface area contributed by atoms with E-state index in [1.165, 1.54) is 19.2 Å². The molecule has 0 spiro atoms. The number of carbonyl (C=O) groups excluding carboxylic acids is 3. The zero-order chi connectivity index (χ0) is 24.4. The van der Waals surface area contributed by atoms with Crippen molar-refractivity contribution in [2.45, 2.75) is 51.4 Å². The molecule has 2 aromatic carbocycles. The fourth-order valence-corrected chi connectivity index (χ4v) is 3.40. The van der Waals surface area contributed by atoms with Crippen LogP contribution in [0.2, 0.25) is 0 Å². The van der Waals surface area contributed by atoms with Crippen molar-refractivity contribution < 1.29 is 28.4 Å². The lowest BCUT2D eigenvalue weighted by molar-refractivity contribution is -0.119. The summed E-state index contributed by atoms with van der Waals surface area (Å²) >= 11 is 0. The molecule has 0 radical (unpaired) electrons. The van der Waals surface area contributed by atoms with Gasteiger partial charge in [-0.15, -0.1) is 0 Å². The maximum Gasteiger partial charge on any atom is 0.494 e. The summed E-state index contributed by atoms with van der Waals surface area (Å²) in [6, 6.07) is 12.6. The van der Waals surface area contributed by atoms with Crippen LogP contribution >= 0.6 is 0 Å². The van der Waals surface area contributed by atoms with E-state index in [2.05, 4.69) is 10.1 Å². The third-order valence-electron chi connectivity index (χ3n) is 6.14. The number of ether oxygens (including phenoxy) is 1. The molecule has 1 heterocycles. The molecule has 3 N–H and O–H groups in total. The number of nitrogens with one attached hydrogen (secondary N) is 1. The zero-order valence-corrected chi connectivity index (χ0v) is 19.5. The Morgan fingerprint density at radius 2 is 1.58 bits per heavy atom. The van der Waals surface area contributed by atoms with Crippen molar-refractivity contribution in [2.24, 2.45) is 5.73 Å². The third kappa shape index (κ3) is 5.43. The standard InChI is InChI=1S/C24H29BN2O6/c1-23(2)24(3,4)33-25(32-23)18-11-9-15(10-12-18)13-19(20(26)28)27-21(29)16-7-6-8-17(14-16)22(30)31-5/h6-12,14,19H,13H2,1-5H3,(H2,26,28)(H,27,29)/t19-/m1/s1. The van der Waals surface area contributed by atoms with Crippen LogP contribution in [0.5, 0.6) is 0 Å². The fourth-order valence-electron chi connectivity index (χ4n) is 3.40. The highest BCUT2D eigenvalue weighted by molar-refractivity contribution is 6.62. The van der Waals surface area contributed by atoms with Gasteiger partial charge in [-0.2, -0.15) is 0 Å². The molecule has 2 aromatic rings. The van der Waals surface area contributed by atoms with Crippen molar-refractivity contribution in [1.82, 2.24) is 5.32 Å². The Bertz CT molecular complexity index is 1040. The Balaban J connectivity index is 1.69. The smallest absolute Gasteiger partial charge is 0.465 e. The first kappa shape index (κ1) is 24.5. The van der Waals surface area contributed by atoms with Crippen LogP contribution in [0.1, 0.15) is 54.0 Å².